The van der Waals surface area contributed by atoms with Gasteiger partial charge in [-0.05, 0) is 55.0 Å². The summed E-state index contributed by atoms with van der Waals surface area (Å²) in [4.78, 5) is 26.9. The SMILES string of the molecule is CC(Oc1ccc(Cl)cc1)C(=O)Nc1cccc(C(=O)N(C)Cc2ccccc2)c1. The van der Waals surface area contributed by atoms with E-state index in [1.807, 2.05) is 30.3 Å². The van der Waals surface area contributed by atoms with Gasteiger partial charge in [0.2, 0.25) is 0 Å². The fourth-order valence-corrected chi connectivity index (χ4v) is 3.02. The molecule has 5 nitrogen and oxygen atoms in total. The molecule has 0 saturated carbocycles. The van der Waals surface area contributed by atoms with Crippen molar-refractivity contribution in [2.75, 3.05) is 12.4 Å². The Hall–Kier alpha value is -3.31. The average Bonchev–Trinajstić information content (AvgIpc) is 2.75. The van der Waals surface area contributed by atoms with Gasteiger partial charge in [-0.3, -0.25) is 9.59 Å². The van der Waals surface area contributed by atoms with Gasteiger partial charge in [-0.25, -0.2) is 0 Å². The lowest BCUT2D eigenvalue weighted by Gasteiger charge is -2.18. The molecule has 30 heavy (non-hydrogen) atoms. The van der Waals surface area contributed by atoms with Crippen molar-refractivity contribution in [1.29, 1.82) is 0 Å². The molecule has 0 bridgehead atoms. The van der Waals surface area contributed by atoms with E-state index in [0.29, 0.717) is 28.6 Å². The lowest BCUT2D eigenvalue weighted by atomic mass is 10.1. The monoisotopic (exact) mass is 422 g/mol. The molecule has 3 aromatic rings. The van der Waals surface area contributed by atoms with E-state index in [-0.39, 0.29) is 11.8 Å². The fraction of sp³-hybridized carbons (Fsp3) is 0.167. The Balaban J connectivity index is 1.62. The van der Waals surface area contributed by atoms with Gasteiger partial charge in [0.25, 0.3) is 11.8 Å². The van der Waals surface area contributed by atoms with Crippen LogP contribution < -0.4 is 10.1 Å². The van der Waals surface area contributed by atoms with Crippen LogP contribution in [0.25, 0.3) is 0 Å². The van der Waals surface area contributed by atoms with Gasteiger partial charge in [0.1, 0.15) is 5.75 Å². The Bertz CT molecular complexity index is 1010. The molecule has 3 aromatic carbocycles. The number of benzene rings is 3. The molecule has 0 aromatic heterocycles. The van der Waals surface area contributed by atoms with E-state index in [0.717, 1.165) is 5.56 Å². The number of nitrogens with zero attached hydrogens (tertiary/aromatic N) is 1. The number of anilines is 1. The van der Waals surface area contributed by atoms with E-state index in [9.17, 15) is 9.59 Å². The minimum Gasteiger partial charge on any atom is -0.481 e. The number of ether oxygens (including phenoxy) is 1. The standard InChI is InChI=1S/C24H23ClN2O3/c1-17(30-22-13-11-20(25)12-14-22)23(28)26-21-10-6-9-19(15-21)24(29)27(2)16-18-7-4-3-5-8-18/h3-15,17H,16H2,1-2H3,(H,26,28). The van der Waals surface area contributed by atoms with Crippen molar-refractivity contribution in [2.45, 2.75) is 19.6 Å². The predicted octanol–water partition coefficient (Wildman–Crippen LogP) is 5.02. The molecule has 0 aliphatic rings. The van der Waals surface area contributed by atoms with Crippen LogP contribution in [0.15, 0.2) is 78.9 Å². The van der Waals surface area contributed by atoms with Crippen LogP contribution in [0, 0.1) is 0 Å². The Labute approximate surface area is 181 Å². The molecule has 2 amide bonds. The highest BCUT2D eigenvalue weighted by Crippen LogP contribution is 2.18. The van der Waals surface area contributed by atoms with Gasteiger partial charge < -0.3 is 15.0 Å². The number of rotatable bonds is 7. The van der Waals surface area contributed by atoms with Gasteiger partial charge in [0, 0.05) is 29.9 Å². The molecule has 0 aliphatic heterocycles. The van der Waals surface area contributed by atoms with Crippen molar-refractivity contribution >= 4 is 29.1 Å². The molecule has 1 unspecified atom stereocenters. The number of carbonyl (C=O) groups is 2. The van der Waals surface area contributed by atoms with Crippen LogP contribution in [-0.2, 0) is 11.3 Å². The van der Waals surface area contributed by atoms with Crippen molar-refractivity contribution in [3.8, 4) is 5.75 Å². The zero-order chi connectivity index (χ0) is 21.5. The summed E-state index contributed by atoms with van der Waals surface area (Å²) < 4.78 is 5.64. The largest absolute Gasteiger partial charge is 0.481 e. The second-order valence-electron chi connectivity index (χ2n) is 6.93. The number of nitrogens with one attached hydrogen (secondary N) is 1. The van der Waals surface area contributed by atoms with Crippen molar-refractivity contribution in [3.05, 3.63) is 95.0 Å². The van der Waals surface area contributed by atoms with Crippen LogP contribution in [0.5, 0.6) is 5.75 Å². The van der Waals surface area contributed by atoms with E-state index in [1.54, 1.807) is 67.4 Å². The molecular weight excluding hydrogens is 400 g/mol. The van der Waals surface area contributed by atoms with Crippen LogP contribution in [0.2, 0.25) is 5.02 Å². The number of hydrogen-bond donors (Lipinski definition) is 1. The van der Waals surface area contributed by atoms with Gasteiger partial charge >= 0.3 is 0 Å². The number of carbonyl (C=O) groups excluding carboxylic acids is 2. The van der Waals surface area contributed by atoms with Crippen molar-refractivity contribution in [2.24, 2.45) is 0 Å². The third-order valence-corrected chi connectivity index (χ3v) is 4.73. The molecular formula is C24H23ClN2O3. The predicted molar refractivity (Wildman–Crippen MR) is 119 cm³/mol. The summed E-state index contributed by atoms with van der Waals surface area (Å²) in [6.45, 7) is 2.16. The van der Waals surface area contributed by atoms with E-state index in [2.05, 4.69) is 5.32 Å². The first kappa shape index (κ1) is 21.4. The molecule has 0 saturated heterocycles. The van der Waals surface area contributed by atoms with E-state index < -0.39 is 6.10 Å². The highest BCUT2D eigenvalue weighted by atomic mass is 35.5. The van der Waals surface area contributed by atoms with E-state index in [1.165, 1.54) is 0 Å². The topological polar surface area (TPSA) is 58.6 Å². The van der Waals surface area contributed by atoms with Gasteiger partial charge in [0.15, 0.2) is 6.10 Å². The summed E-state index contributed by atoms with van der Waals surface area (Å²) in [5.74, 6) is 0.112. The zero-order valence-electron chi connectivity index (χ0n) is 16.8. The average molecular weight is 423 g/mol. The number of hydrogen-bond acceptors (Lipinski definition) is 3. The second-order valence-corrected chi connectivity index (χ2v) is 7.37. The highest BCUT2D eigenvalue weighted by Gasteiger charge is 2.17. The summed E-state index contributed by atoms with van der Waals surface area (Å²) in [7, 11) is 1.75. The molecule has 0 fully saturated rings. The third kappa shape index (κ3) is 5.84. The van der Waals surface area contributed by atoms with Crippen LogP contribution in [-0.4, -0.2) is 29.9 Å². The van der Waals surface area contributed by atoms with Gasteiger partial charge in [-0.2, -0.15) is 0 Å². The minimum absolute atomic E-state index is 0.125. The number of halogens is 1. The number of amides is 2. The molecule has 1 atom stereocenters. The van der Waals surface area contributed by atoms with Crippen molar-refractivity contribution in [3.63, 3.8) is 0 Å². The molecule has 0 heterocycles. The summed E-state index contributed by atoms with van der Waals surface area (Å²) in [5, 5.41) is 3.39. The maximum Gasteiger partial charge on any atom is 0.265 e. The molecule has 0 radical (unpaired) electrons. The summed E-state index contributed by atoms with van der Waals surface area (Å²) in [6, 6.07) is 23.4. The Morgan fingerprint density at radius 2 is 1.70 bits per heavy atom. The summed E-state index contributed by atoms with van der Waals surface area (Å²) in [6.07, 6.45) is -0.716. The van der Waals surface area contributed by atoms with Gasteiger partial charge in [-0.15, -0.1) is 0 Å². The van der Waals surface area contributed by atoms with E-state index in [4.69, 9.17) is 16.3 Å². The van der Waals surface area contributed by atoms with Crippen LogP contribution in [0.1, 0.15) is 22.8 Å². The quantitative estimate of drug-likeness (QED) is 0.581. The van der Waals surface area contributed by atoms with Crippen LogP contribution in [0.3, 0.4) is 0 Å². The first-order chi connectivity index (χ1) is 14.4. The molecule has 154 valence electrons. The first-order valence-electron chi connectivity index (χ1n) is 9.55. The van der Waals surface area contributed by atoms with Gasteiger partial charge in [-0.1, -0.05) is 48.0 Å². The van der Waals surface area contributed by atoms with Gasteiger partial charge in [0.05, 0.1) is 0 Å². The van der Waals surface area contributed by atoms with Crippen LogP contribution >= 0.6 is 11.6 Å². The summed E-state index contributed by atoms with van der Waals surface area (Å²) in [5.41, 5.74) is 2.08. The molecule has 6 heteroatoms. The molecule has 0 aliphatic carbocycles. The Morgan fingerprint density at radius 3 is 2.40 bits per heavy atom. The Kier molecular flexibility index (Phi) is 7.09. The first-order valence-corrected chi connectivity index (χ1v) is 9.93. The summed E-state index contributed by atoms with van der Waals surface area (Å²) >= 11 is 5.86. The maximum atomic E-state index is 12.8. The lowest BCUT2D eigenvalue weighted by Crippen LogP contribution is -2.30. The Morgan fingerprint density at radius 1 is 1.00 bits per heavy atom. The third-order valence-electron chi connectivity index (χ3n) is 4.48. The second kappa shape index (κ2) is 9.94. The highest BCUT2D eigenvalue weighted by molar-refractivity contribution is 6.30. The molecule has 0 spiro atoms. The lowest BCUT2D eigenvalue weighted by molar-refractivity contribution is -0.122. The normalized spacial score (nSPS) is 11.4. The molecule has 3 rings (SSSR count). The van der Waals surface area contributed by atoms with Crippen molar-refractivity contribution < 1.29 is 14.3 Å². The van der Waals surface area contributed by atoms with Crippen molar-refractivity contribution in [1.82, 2.24) is 4.90 Å². The smallest absolute Gasteiger partial charge is 0.265 e. The molecule has 1 N–H and O–H groups in total. The zero-order valence-corrected chi connectivity index (χ0v) is 17.6. The van der Waals surface area contributed by atoms with Crippen LogP contribution in [0.4, 0.5) is 5.69 Å². The fourth-order valence-electron chi connectivity index (χ4n) is 2.89. The maximum absolute atomic E-state index is 12.8. The minimum atomic E-state index is -0.716. The van der Waals surface area contributed by atoms with E-state index >= 15 is 0 Å².